The fraction of sp³-hybridized carbons (Fsp3) is 0.222. The summed E-state index contributed by atoms with van der Waals surface area (Å²) in [5.74, 6) is -0.257. The maximum absolute atomic E-state index is 13.8. The van der Waals surface area contributed by atoms with E-state index in [1.807, 2.05) is 31.2 Å². The standard InChI is InChI=1S/C18H19FN2O3S/c1-3-24-14-5-7-15(8-6-14)25-11-18(23)21-17-10-13(20-12(2)22)4-9-16(17)19/h4-10H,3,11H2,1-2H3,(H,20,22)(H,21,23). The molecule has 0 aliphatic carbocycles. The number of carbonyl (C=O) groups excluding carboxylic acids is 2. The molecule has 25 heavy (non-hydrogen) atoms. The number of ether oxygens (including phenoxy) is 1. The third-order valence-corrected chi connectivity index (χ3v) is 4.08. The van der Waals surface area contributed by atoms with Crippen molar-refractivity contribution in [2.24, 2.45) is 0 Å². The third kappa shape index (κ3) is 6.11. The van der Waals surface area contributed by atoms with Crippen LogP contribution in [-0.2, 0) is 9.59 Å². The van der Waals surface area contributed by atoms with Crippen LogP contribution in [0.25, 0.3) is 0 Å². The molecule has 0 atom stereocenters. The Balaban J connectivity index is 1.92. The summed E-state index contributed by atoms with van der Waals surface area (Å²) in [7, 11) is 0. The summed E-state index contributed by atoms with van der Waals surface area (Å²) in [6, 6.07) is 11.4. The average Bonchev–Trinajstić information content (AvgIpc) is 2.57. The fourth-order valence-electron chi connectivity index (χ4n) is 2.04. The van der Waals surface area contributed by atoms with Crippen LogP contribution in [0.3, 0.4) is 0 Å². The molecule has 2 rings (SSSR count). The molecule has 0 radical (unpaired) electrons. The summed E-state index contributed by atoms with van der Waals surface area (Å²) >= 11 is 1.34. The highest BCUT2D eigenvalue weighted by Gasteiger charge is 2.09. The van der Waals surface area contributed by atoms with Crippen molar-refractivity contribution < 1.29 is 18.7 Å². The highest BCUT2D eigenvalue weighted by molar-refractivity contribution is 8.00. The Morgan fingerprint density at radius 2 is 1.84 bits per heavy atom. The second-order valence-electron chi connectivity index (χ2n) is 5.12. The van der Waals surface area contributed by atoms with Crippen LogP contribution in [0.1, 0.15) is 13.8 Å². The van der Waals surface area contributed by atoms with Crippen molar-refractivity contribution in [1.82, 2.24) is 0 Å². The number of benzene rings is 2. The van der Waals surface area contributed by atoms with Crippen LogP contribution in [0.5, 0.6) is 5.75 Å². The molecule has 0 saturated heterocycles. The van der Waals surface area contributed by atoms with Crippen molar-refractivity contribution in [3.05, 3.63) is 48.3 Å². The van der Waals surface area contributed by atoms with Gasteiger partial charge in [-0.05, 0) is 49.4 Å². The van der Waals surface area contributed by atoms with Gasteiger partial charge in [-0.1, -0.05) is 0 Å². The van der Waals surface area contributed by atoms with E-state index < -0.39 is 5.82 Å². The topological polar surface area (TPSA) is 67.4 Å². The molecule has 0 bridgehead atoms. The van der Waals surface area contributed by atoms with Gasteiger partial charge in [-0.3, -0.25) is 9.59 Å². The summed E-state index contributed by atoms with van der Waals surface area (Å²) < 4.78 is 19.2. The molecule has 5 nitrogen and oxygen atoms in total. The molecule has 0 saturated carbocycles. The summed E-state index contributed by atoms with van der Waals surface area (Å²) in [5.41, 5.74) is 0.451. The first-order chi connectivity index (χ1) is 12.0. The molecule has 7 heteroatoms. The van der Waals surface area contributed by atoms with Crippen molar-refractivity contribution in [2.75, 3.05) is 23.0 Å². The van der Waals surface area contributed by atoms with E-state index in [9.17, 15) is 14.0 Å². The number of halogens is 1. The van der Waals surface area contributed by atoms with Crippen LogP contribution in [-0.4, -0.2) is 24.2 Å². The summed E-state index contributed by atoms with van der Waals surface area (Å²) in [5, 5.41) is 5.06. The van der Waals surface area contributed by atoms with E-state index in [1.54, 1.807) is 0 Å². The smallest absolute Gasteiger partial charge is 0.234 e. The lowest BCUT2D eigenvalue weighted by molar-refractivity contribution is -0.114. The highest BCUT2D eigenvalue weighted by atomic mass is 32.2. The van der Waals surface area contributed by atoms with Gasteiger partial charge in [0.15, 0.2) is 0 Å². The molecule has 0 fully saturated rings. The summed E-state index contributed by atoms with van der Waals surface area (Å²) in [4.78, 5) is 24.0. The van der Waals surface area contributed by atoms with Crippen LogP contribution in [0.2, 0.25) is 0 Å². The first-order valence-electron chi connectivity index (χ1n) is 7.70. The van der Waals surface area contributed by atoms with Gasteiger partial charge in [0.25, 0.3) is 0 Å². The van der Waals surface area contributed by atoms with E-state index in [0.717, 1.165) is 10.6 Å². The van der Waals surface area contributed by atoms with Gasteiger partial charge in [0.1, 0.15) is 11.6 Å². The average molecular weight is 362 g/mol. The minimum Gasteiger partial charge on any atom is -0.494 e. The second kappa shape index (κ2) is 9.08. The highest BCUT2D eigenvalue weighted by Crippen LogP contribution is 2.23. The van der Waals surface area contributed by atoms with Crippen molar-refractivity contribution in [1.29, 1.82) is 0 Å². The Kier molecular flexibility index (Phi) is 6.82. The lowest BCUT2D eigenvalue weighted by atomic mass is 10.2. The Hall–Kier alpha value is -2.54. The van der Waals surface area contributed by atoms with Crippen LogP contribution in [0.15, 0.2) is 47.4 Å². The van der Waals surface area contributed by atoms with Crippen molar-refractivity contribution in [3.63, 3.8) is 0 Å². The number of thioether (sulfide) groups is 1. The molecular formula is C18H19FN2O3S. The minimum absolute atomic E-state index is 0.0311. The lowest BCUT2D eigenvalue weighted by Crippen LogP contribution is -2.15. The summed E-state index contributed by atoms with van der Waals surface area (Å²) in [6.07, 6.45) is 0. The molecule has 2 aromatic carbocycles. The Bertz CT molecular complexity index is 750. The number of amides is 2. The van der Waals surface area contributed by atoms with E-state index in [2.05, 4.69) is 10.6 Å². The van der Waals surface area contributed by atoms with E-state index in [0.29, 0.717) is 12.3 Å². The van der Waals surface area contributed by atoms with Gasteiger partial charge in [0.2, 0.25) is 11.8 Å². The van der Waals surface area contributed by atoms with Gasteiger partial charge in [0, 0.05) is 17.5 Å². The number of carbonyl (C=O) groups is 2. The Morgan fingerprint density at radius 3 is 2.48 bits per heavy atom. The van der Waals surface area contributed by atoms with E-state index in [4.69, 9.17) is 4.74 Å². The number of hydrogen-bond acceptors (Lipinski definition) is 4. The molecule has 2 amide bonds. The first kappa shape index (κ1) is 18.8. The molecule has 0 heterocycles. The fourth-order valence-corrected chi connectivity index (χ4v) is 2.73. The largest absolute Gasteiger partial charge is 0.494 e. The van der Waals surface area contributed by atoms with Crippen LogP contribution >= 0.6 is 11.8 Å². The minimum atomic E-state index is -0.562. The zero-order valence-electron chi connectivity index (χ0n) is 14.0. The molecule has 0 aromatic heterocycles. The second-order valence-corrected chi connectivity index (χ2v) is 6.17. The predicted octanol–water partition coefficient (Wildman–Crippen LogP) is 3.91. The van der Waals surface area contributed by atoms with Gasteiger partial charge in [-0.2, -0.15) is 0 Å². The molecule has 0 aliphatic rings. The molecule has 0 unspecified atom stereocenters. The van der Waals surface area contributed by atoms with Crippen molar-refractivity contribution in [2.45, 2.75) is 18.7 Å². The number of anilines is 2. The van der Waals surface area contributed by atoms with Gasteiger partial charge in [-0.25, -0.2) is 4.39 Å². The van der Waals surface area contributed by atoms with E-state index in [1.165, 1.54) is 36.9 Å². The van der Waals surface area contributed by atoms with E-state index >= 15 is 0 Å². The number of hydrogen-bond donors (Lipinski definition) is 2. The maximum Gasteiger partial charge on any atom is 0.234 e. The van der Waals surface area contributed by atoms with Crippen LogP contribution in [0, 0.1) is 5.82 Å². The van der Waals surface area contributed by atoms with Gasteiger partial charge in [-0.15, -0.1) is 11.8 Å². The quantitative estimate of drug-likeness (QED) is 0.733. The normalized spacial score (nSPS) is 10.2. The Morgan fingerprint density at radius 1 is 1.12 bits per heavy atom. The van der Waals surface area contributed by atoms with Crippen molar-refractivity contribution >= 4 is 35.0 Å². The number of nitrogens with one attached hydrogen (secondary N) is 2. The van der Waals surface area contributed by atoms with Gasteiger partial charge >= 0.3 is 0 Å². The van der Waals surface area contributed by atoms with Crippen molar-refractivity contribution in [3.8, 4) is 5.75 Å². The molecule has 2 N–H and O–H groups in total. The molecule has 132 valence electrons. The van der Waals surface area contributed by atoms with Gasteiger partial charge in [0.05, 0.1) is 18.0 Å². The predicted molar refractivity (Wildman–Crippen MR) is 97.7 cm³/mol. The third-order valence-electron chi connectivity index (χ3n) is 3.07. The zero-order chi connectivity index (χ0) is 18.2. The lowest BCUT2D eigenvalue weighted by Gasteiger charge is -2.09. The van der Waals surface area contributed by atoms with Gasteiger partial charge < -0.3 is 15.4 Å². The monoisotopic (exact) mass is 362 g/mol. The van der Waals surface area contributed by atoms with Crippen LogP contribution < -0.4 is 15.4 Å². The maximum atomic E-state index is 13.8. The Labute approximate surface area is 150 Å². The summed E-state index contributed by atoms with van der Waals surface area (Å²) in [6.45, 7) is 3.86. The number of rotatable bonds is 7. The van der Waals surface area contributed by atoms with E-state index in [-0.39, 0.29) is 23.3 Å². The first-order valence-corrected chi connectivity index (χ1v) is 8.69. The zero-order valence-corrected chi connectivity index (χ0v) is 14.8. The SMILES string of the molecule is CCOc1ccc(SCC(=O)Nc2cc(NC(C)=O)ccc2F)cc1. The van der Waals surface area contributed by atoms with Crippen LogP contribution in [0.4, 0.5) is 15.8 Å². The molecule has 2 aromatic rings. The molecule has 0 aliphatic heterocycles. The molecular weight excluding hydrogens is 343 g/mol. The molecule has 0 spiro atoms.